The molecule has 0 heterocycles. The zero-order chi connectivity index (χ0) is 17.2. The number of rotatable bonds is 3. The van der Waals surface area contributed by atoms with Crippen LogP contribution in [-0.4, -0.2) is 13.0 Å². The molecule has 0 saturated carbocycles. The average Bonchev–Trinajstić information content (AvgIpc) is 2.47. The second-order valence-electron chi connectivity index (χ2n) is 4.83. The molecule has 2 aromatic rings. The molecule has 122 valence electrons. The van der Waals surface area contributed by atoms with E-state index in [-0.39, 0.29) is 16.3 Å². The normalized spacial score (nSPS) is 11.2. The van der Waals surface area contributed by atoms with E-state index in [2.05, 4.69) is 5.32 Å². The maximum atomic E-state index is 13.0. The van der Waals surface area contributed by atoms with Crippen LogP contribution in [-0.2, 0) is 6.18 Å². The quantitative estimate of drug-likeness (QED) is 0.858. The summed E-state index contributed by atoms with van der Waals surface area (Å²) >= 11 is 5.60. The first-order valence-electron chi connectivity index (χ1n) is 6.55. The lowest BCUT2D eigenvalue weighted by Crippen LogP contribution is -2.16. The molecule has 2 rings (SSSR count). The molecule has 23 heavy (non-hydrogen) atoms. The van der Waals surface area contributed by atoms with E-state index < -0.39 is 17.6 Å². The molecule has 1 amide bonds. The fourth-order valence-corrected chi connectivity index (χ4v) is 2.25. The molecule has 0 aliphatic heterocycles. The van der Waals surface area contributed by atoms with Crippen LogP contribution in [0.25, 0.3) is 0 Å². The number of alkyl halides is 3. The molecule has 2 aromatic carbocycles. The highest BCUT2D eigenvalue weighted by molar-refractivity contribution is 6.30. The summed E-state index contributed by atoms with van der Waals surface area (Å²) in [6.45, 7) is 1.74. The van der Waals surface area contributed by atoms with Crippen LogP contribution in [0.2, 0.25) is 5.02 Å². The summed E-state index contributed by atoms with van der Waals surface area (Å²) < 4.78 is 44.1. The van der Waals surface area contributed by atoms with Crippen LogP contribution < -0.4 is 10.1 Å². The van der Waals surface area contributed by atoms with Crippen LogP contribution >= 0.6 is 11.6 Å². The van der Waals surface area contributed by atoms with Gasteiger partial charge in [0.1, 0.15) is 5.75 Å². The number of methoxy groups -OCH3 is 1. The number of aryl methyl sites for hydroxylation is 1. The highest BCUT2D eigenvalue weighted by atomic mass is 35.5. The van der Waals surface area contributed by atoms with Crippen LogP contribution in [0.1, 0.15) is 21.5 Å². The van der Waals surface area contributed by atoms with E-state index in [0.717, 1.165) is 12.1 Å². The lowest BCUT2D eigenvalue weighted by atomic mass is 10.1. The highest BCUT2D eigenvalue weighted by Crippen LogP contribution is 2.36. The number of benzene rings is 2. The Balaban J connectivity index is 2.32. The highest BCUT2D eigenvalue weighted by Gasteiger charge is 2.34. The van der Waals surface area contributed by atoms with E-state index in [4.69, 9.17) is 16.3 Å². The first-order valence-corrected chi connectivity index (χ1v) is 6.93. The van der Waals surface area contributed by atoms with Crippen molar-refractivity contribution < 1.29 is 22.7 Å². The van der Waals surface area contributed by atoms with Crippen LogP contribution in [0, 0.1) is 6.92 Å². The molecule has 3 nitrogen and oxygen atoms in total. The molecule has 0 fully saturated rings. The van der Waals surface area contributed by atoms with E-state index in [9.17, 15) is 18.0 Å². The molecular formula is C16H13ClF3NO2. The van der Waals surface area contributed by atoms with Gasteiger partial charge in [-0.1, -0.05) is 11.6 Å². The molecule has 0 aliphatic rings. The number of carbonyl (C=O) groups is 1. The molecule has 0 spiro atoms. The molecular weight excluding hydrogens is 331 g/mol. The van der Waals surface area contributed by atoms with Gasteiger partial charge < -0.3 is 10.1 Å². The molecule has 0 aromatic heterocycles. The minimum Gasteiger partial charge on any atom is -0.496 e. The summed E-state index contributed by atoms with van der Waals surface area (Å²) in [5.41, 5.74) is -0.414. The van der Waals surface area contributed by atoms with Gasteiger partial charge in [0.25, 0.3) is 5.91 Å². The molecule has 1 N–H and O–H groups in total. The number of ether oxygens (including phenoxy) is 1. The summed E-state index contributed by atoms with van der Waals surface area (Å²) in [6.07, 6.45) is -4.62. The maximum Gasteiger partial charge on any atom is 0.418 e. The van der Waals surface area contributed by atoms with Gasteiger partial charge >= 0.3 is 6.18 Å². The number of amides is 1. The largest absolute Gasteiger partial charge is 0.496 e. The van der Waals surface area contributed by atoms with Crippen molar-refractivity contribution in [1.82, 2.24) is 0 Å². The molecule has 0 saturated heterocycles. The third-order valence-electron chi connectivity index (χ3n) is 3.19. The Morgan fingerprint density at radius 2 is 1.87 bits per heavy atom. The minimum absolute atomic E-state index is 0.0596. The van der Waals surface area contributed by atoms with Gasteiger partial charge in [-0.3, -0.25) is 4.79 Å². The Labute approximate surface area is 136 Å². The van der Waals surface area contributed by atoms with E-state index in [1.165, 1.54) is 25.3 Å². The van der Waals surface area contributed by atoms with Crippen LogP contribution in [0.15, 0.2) is 36.4 Å². The van der Waals surface area contributed by atoms with Crippen molar-refractivity contribution in [3.8, 4) is 5.75 Å². The second-order valence-corrected chi connectivity index (χ2v) is 5.26. The maximum absolute atomic E-state index is 13.0. The second kappa shape index (κ2) is 6.50. The molecule has 0 bridgehead atoms. The van der Waals surface area contributed by atoms with Gasteiger partial charge in [-0.15, -0.1) is 0 Å². The van der Waals surface area contributed by atoms with Crippen LogP contribution in [0.4, 0.5) is 18.9 Å². The third-order valence-corrected chi connectivity index (χ3v) is 3.43. The van der Waals surface area contributed by atoms with Crippen LogP contribution in [0.5, 0.6) is 5.75 Å². The van der Waals surface area contributed by atoms with Gasteiger partial charge in [0, 0.05) is 10.6 Å². The zero-order valence-corrected chi connectivity index (χ0v) is 13.0. The number of halogens is 4. The smallest absolute Gasteiger partial charge is 0.418 e. The minimum atomic E-state index is -4.62. The summed E-state index contributed by atoms with van der Waals surface area (Å²) in [4.78, 5) is 12.2. The molecule has 7 heteroatoms. The number of hydrogen-bond donors (Lipinski definition) is 1. The van der Waals surface area contributed by atoms with Gasteiger partial charge in [-0.25, -0.2) is 0 Å². The lowest BCUT2D eigenvalue weighted by molar-refractivity contribution is -0.136. The van der Waals surface area contributed by atoms with E-state index in [1.54, 1.807) is 13.0 Å². The third kappa shape index (κ3) is 3.96. The SMILES string of the molecule is COc1ccc(C(=O)Nc2ccc(Cl)cc2C(F)(F)F)cc1C. The van der Waals surface area contributed by atoms with Gasteiger partial charge in [-0.05, 0) is 48.9 Å². The fraction of sp³-hybridized carbons (Fsp3) is 0.188. The Bertz CT molecular complexity index is 745. The summed E-state index contributed by atoms with van der Waals surface area (Å²) in [6, 6.07) is 7.78. The van der Waals surface area contributed by atoms with E-state index in [1.807, 2.05) is 0 Å². The van der Waals surface area contributed by atoms with Crippen molar-refractivity contribution in [3.05, 3.63) is 58.1 Å². The van der Waals surface area contributed by atoms with Crippen molar-refractivity contribution in [2.75, 3.05) is 12.4 Å². The Morgan fingerprint density at radius 3 is 2.43 bits per heavy atom. The van der Waals surface area contributed by atoms with Crippen molar-refractivity contribution in [2.24, 2.45) is 0 Å². The summed E-state index contributed by atoms with van der Waals surface area (Å²) in [5.74, 6) is -0.0624. The topological polar surface area (TPSA) is 38.3 Å². The Kier molecular flexibility index (Phi) is 4.85. The fourth-order valence-electron chi connectivity index (χ4n) is 2.07. The summed E-state index contributed by atoms with van der Waals surface area (Å²) in [7, 11) is 1.49. The van der Waals surface area contributed by atoms with Crippen molar-refractivity contribution in [2.45, 2.75) is 13.1 Å². The van der Waals surface area contributed by atoms with Gasteiger partial charge in [-0.2, -0.15) is 13.2 Å². The van der Waals surface area contributed by atoms with Gasteiger partial charge in [0.15, 0.2) is 0 Å². The predicted octanol–water partition coefficient (Wildman–Crippen LogP) is 4.93. The van der Waals surface area contributed by atoms with Crippen molar-refractivity contribution in [3.63, 3.8) is 0 Å². The van der Waals surface area contributed by atoms with Crippen molar-refractivity contribution >= 4 is 23.2 Å². The Hall–Kier alpha value is -2.21. The van der Waals surface area contributed by atoms with Crippen molar-refractivity contribution in [1.29, 1.82) is 0 Å². The monoisotopic (exact) mass is 343 g/mol. The molecule has 0 atom stereocenters. The first-order chi connectivity index (χ1) is 10.7. The van der Waals surface area contributed by atoms with E-state index >= 15 is 0 Å². The molecule has 0 radical (unpaired) electrons. The predicted molar refractivity (Wildman–Crippen MR) is 82.1 cm³/mol. The zero-order valence-electron chi connectivity index (χ0n) is 12.3. The lowest BCUT2D eigenvalue weighted by Gasteiger charge is -2.14. The van der Waals surface area contributed by atoms with Gasteiger partial charge in [0.05, 0.1) is 18.4 Å². The number of anilines is 1. The standard InChI is InChI=1S/C16H13ClF3NO2/c1-9-7-10(3-6-14(9)23-2)15(22)21-13-5-4-11(17)8-12(13)16(18,19)20/h3-8H,1-2H3,(H,21,22). The molecule has 0 aliphatic carbocycles. The number of hydrogen-bond acceptors (Lipinski definition) is 2. The average molecular weight is 344 g/mol. The Morgan fingerprint density at radius 1 is 1.17 bits per heavy atom. The summed E-state index contributed by atoms with van der Waals surface area (Å²) in [5, 5.41) is 2.21. The first kappa shape index (κ1) is 17.1. The molecule has 0 unspecified atom stereocenters. The van der Waals surface area contributed by atoms with Gasteiger partial charge in [0.2, 0.25) is 0 Å². The number of carbonyl (C=O) groups excluding carboxylic acids is 1. The van der Waals surface area contributed by atoms with E-state index in [0.29, 0.717) is 11.3 Å². The van der Waals surface area contributed by atoms with Crippen LogP contribution in [0.3, 0.4) is 0 Å². The number of nitrogens with one attached hydrogen (secondary N) is 1.